The zero-order valence-electron chi connectivity index (χ0n) is 9.51. The van der Waals surface area contributed by atoms with E-state index in [2.05, 4.69) is 6.58 Å². The lowest BCUT2D eigenvalue weighted by atomic mass is 10.0. The van der Waals surface area contributed by atoms with E-state index >= 15 is 0 Å². The molecule has 0 unspecified atom stereocenters. The molecule has 0 aliphatic heterocycles. The Bertz CT molecular complexity index is 454. The van der Waals surface area contributed by atoms with Gasteiger partial charge in [-0.2, -0.15) is 0 Å². The quantitative estimate of drug-likeness (QED) is 0.491. The van der Waals surface area contributed by atoms with Gasteiger partial charge in [0, 0.05) is 11.6 Å². The van der Waals surface area contributed by atoms with Crippen LogP contribution in [-0.4, -0.2) is 10.0 Å². The third-order valence-electron chi connectivity index (χ3n) is 2.36. The molecule has 0 aliphatic carbocycles. The van der Waals surface area contributed by atoms with Crippen LogP contribution in [0.25, 0.3) is 0 Å². The van der Waals surface area contributed by atoms with Gasteiger partial charge in [0.2, 0.25) is 0 Å². The molecule has 0 bridgehead atoms. The van der Waals surface area contributed by atoms with Gasteiger partial charge < -0.3 is 10.8 Å². The highest BCUT2D eigenvalue weighted by Gasteiger charge is 2.22. The highest BCUT2D eigenvalue weighted by molar-refractivity contribution is 5.85. The Kier molecular flexibility index (Phi) is 6.29. The lowest BCUT2D eigenvalue weighted by Gasteiger charge is -2.12. The Morgan fingerprint density at radius 3 is 2.72 bits per heavy atom. The summed E-state index contributed by atoms with van der Waals surface area (Å²) in [6.45, 7) is 3.51. The summed E-state index contributed by atoms with van der Waals surface area (Å²) in [4.78, 5) is 9.74. The van der Waals surface area contributed by atoms with Gasteiger partial charge in [0.1, 0.15) is 5.82 Å². The number of halogens is 2. The molecular formula is C11H14ClFN2O3. The maximum atomic E-state index is 13.2. The summed E-state index contributed by atoms with van der Waals surface area (Å²) in [5.74, 6) is -1.37. The molecule has 5 nitrogen and oxygen atoms in total. The smallest absolute Gasteiger partial charge is 0.313 e. The van der Waals surface area contributed by atoms with Crippen molar-refractivity contribution in [3.8, 4) is 5.75 Å². The molecule has 0 heterocycles. The van der Waals surface area contributed by atoms with Crippen LogP contribution in [-0.2, 0) is 0 Å². The monoisotopic (exact) mass is 276 g/mol. The van der Waals surface area contributed by atoms with Crippen molar-refractivity contribution in [1.29, 1.82) is 0 Å². The molecule has 0 spiro atoms. The maximum absolute atomic E-state index is 13.2. The summed E-state index contributed by atoms with van der Waals surface area (Å²) in [5.41, 5.74) is 5.09. The van der Waals surface area contributed by atoms with Crippen LogP contribution in [0.15, 0.2) is 24.8 Å². The van der Waals surface area contributed by atoms with Crippen LogP contribution in [0.3, 0.4) is 0 Å². The molecule has 0 aliphatic rings. The number of hydrogen-bond acceptors (Lipinski definition) is 4. The van der Waals surface area contributed by atoms with E-state index < -0.39 is 28.2 Å². The molecule has 0 radical (unpaired) electrons. The fourth-order valence-corrected chi connectivity index (χ4v) is 1.48. The number of aromatic hydroxyl groups is 1. The molecule has 1 atom stereocenters. The maximum Gasteiger partial charge on any atom is 0.313 e. The van der Waals surface area contributed by atoms with Crippen LogP contribution in [0.4, 0.5) is 10.1 Å². The van der Waals surface area contributed by atoms with Gasteiger partial charge in [0.15, 0.2) is 5.75 Å². The standard InChI is InChI=1S/C11H13FN2O3.ClH/c1-2-3-4-9(13)8-5-7(12)6-10(11(8)15)14(16)17;/h2,5-6,9,15H,1,3-4,13H2;1H/t9-;/m1./s1. The van der Waals surface area contributed by atoms with Gasteiger partial charge in [-0.05, 0) is 18.9 Å². The van der Waals surface area contributed by atoms with Crippen LogP contribution in [0.1, 0.15) is 24.4 Å². The summed E-state index contributed by atoms with van der Waals surface area (Å²) >= 11 is 0. The molecule has 100 valence electrons. The second-order valence-corrected chi connectivity index (χ2v) is 3.59. The number of nitrogens with two attached hydrogens (primary N) is 1. The van der Waals surface area contributed by atoms with Crippen LogP contribution in [0, 0.1) is 15.9 Å². The van der Waals surface area contributed by atoms with Crippen molar-refractivity contribution in [3.63, 3.8) is 0 Å². The van der Waals surface area contributed by atoms with E-state index in [0.717, 1.165) is 6.07 Å². The van der Waals surface area contributed by atoms with Crippen molar-refractivity contribution in [2.24, 2.45) is 5.73 Å². The first kappa shape index (κ1) is 16.3. The number of phenols is 1. The van der Waals surface area contributed by atoms with Gasteiger partial charge in [-0.1, -0.05) is 6.08 Å². The lowest BCUT2D eigenvalue weighted by Crippen LogP contribution is -2.11. The minimum atomic E-state index is -0.845. The van der Waals surface area contributed by atoms with Crippen LogP contribution in [0.5, 0.6) is 5.75 Å². The normalized spacial score (nSPS) is 11.4. The molecule has 0 saturated heterocycles. The minimum Gasteiger partial charge on any atom is -0.502 e. The Morgan fingerprint density at radius 1 is 1.61 bits per heavy atom. The van der Waals surface area contributed by atoms with E-state index in [0.29, 0.717) is 18.9 Å². The highest BCUT2D eigenvalue weighted by Crippen LogP contribution is 2.35. The summed E-state index contributed by atoms with van der Waals surface area (Å²) in [7, 11) is 0. The van der Waals surface area contributed by atoms with Crippen LogP contribution in [0.2, 0.25) is 0 Å². The molecule has 0 amide bonds. The molecule has 1 aromatic carbocycles. The van der Waals surface area contributed by atoms with Gasteiger partial charge >= 0.3 is 5.69 Å². The number of allylic oxidation sites excluding steroid dienone is 1. The van der Waals surface area contributed by atoms with Gasteiger partial charge in [-0.3, -0.25) is 10.1 Å². The first-order valence-electron chi connectivity index (χ1n) is 5.00. The fourth-order valence-electron chi connectivity index (χ4n) is 1.48. The Morgan fingerprint density at radius 2 is 2.22 bits per heavy atom. The first-order valence-corrected chi connectivity index (χ1v) is 5.00. The van der Waals surface area contributed by atoms with Crippen molar-refractivity contribution < 1.29 is 14.4 Å². The van der Waals surface area contributed by atoms with Gasteiger partial charge in [-0.25, -0.2) is 4.39 Å². The number of hydrogen-bond donors (Lipinski definition) is 2. The second-order valence-electron chi connectivity index (χ2n) is 3.59. The molecule has 1 aromatic rings. The predicted molar refractivity (Wildman–Crippen MR) is 68.3 cm³/mol. The van der Waals surface area contributed by atoms with Crippen molar-refractivity contribution in [2.45, 2.75) is 18.9 Å². The number of benzene rings is 1. The average Bonchev–Trinajstić information content (AvgIpc) is 2.28. The summed E-state index contributed by atoms with van der Waals surface area (Å²) < 4.78 is 13.2. The van der Waals surface area contributed by atoms with Crippen LogP contribution >= 0.6 is 12.4 Å². The summed E-state index contributed by atoms with van der Waals surface area (Å²) in [6.07, 6.45) is 2.63. The van der Waals surface area contributed by atoms with E-state index in [9.17, 15) is 19.6 Å². The molecule has 1 rings (SSSR count). The van der Waals surface area contributed by atoms with Crippen LogP contribution < -0.4 is 5.73 Å². The highest BCUT2D eigenvalue weighted by atomic mass is 35.5. The summed E-state index contributed by atoms with van der Waals surface area (Å²) in [6, 6.07) is 1.01. The number of phenolic OH excluding ortho intramolecular Hbond substituents is 1. The Balaban J connectivity index is 0.00000289. The lowest BCUT2D eigenvalue weighted by molar-refractivity contribution is -0.386. The fraction of sp³-hybridized carbons (Fsp3) is 0.273. The molecule has 0 saturated carbocycles. The third-order valence-corrected chi connectivity index (χ3v) is 2.36. The number of rotatable bonds is 5. The zero-order chi connectivity index (χ0) is 13.0. The van der Waals surface area contributed by atoms with E-state index in [1.165, 1.54) is 0 Å². The van der Waals surface area contributed by atoms with E-state index in [-0.39, 0.29) is 18.0 Å². The molecule has 0 aromatic heterocycles. The van der Waals surface area contributed by atoms with E-state index in [1.807, 2.05) is 0 Å². The average molecular weight is 277 g/mol. The molecule has 18 heavy (non-hydrogen) atoms. The number of nitrogens with zero attached hydrogens (tertiary/aromatic N) is 1. The second kappa shape index (κ2) is 6.93. The Hall–Kier alpha value is -1.66. The minimum absolute atomic E-state index is 0. The van der Waals surface area contributed by atoms with Gasteiger partial charge in [-0.15, -0.1) is 19.0 Å². The first-order chi connectivity index (χ1) is 7.97. The largest absolute Gasteiger partial charge is 0.502 e. The SMILES string of the molecule is C=CCC[C@@H](N)c1cc(F)cc([N+](=O)[O-])c1O.Cl. The predicted octanol–water partition coefficient (Wildman–Crippen LogP) is 2.83. The molecule has 0 fully saturated rings. The van der Waals surface area contributed by atoms with Crippen molar-refractivity contribution in [2.75, 3.05) is 0 Å². The van der Waals surface area contributed by atoms with Gasteiger partial charge in [0.25, 0.3) is 0 Å². The van der Waals surface area contributed by atoms with Crippen molar-refractivity contribution in [3.05, 3.63) is 46.3 Å². The van der Waals surface area contributed by atoms with Gasteiger partial charge in [0.05, 0.1) is 11.0 Å². The summed E-state index contributed by atoms with van der Waals surface area (Å²) in [5, 5.41) is 20.2. The molecular weight excluding hydrogens is 263 g/mol. The van der Waals surface area contributed by atoms with Crippen molar-refractivity contribution in [1.82, 2.24) is 0 Å². The van der Waals surface area contributed by atoms with Crippen molar-refractivity contribution >= 4 is 18.1 Å². The Labute approximate surface area is 110 Å². The number of nitro benzene ring substituents is 1. The zero-order valence-corrected chi connectivity index (χ0v) is 10.3. The topological polar surface area (TPSA) is 89.4 Å². The van der Waals surface area contributed by atoms with E-state index in [4.69, 9.17) is 5.73 Å². The molecule has 3 N–H and O–H groups in total. The third kappa shape index (κ3) is 3.68. The van der Waals surface area contributed by atoms with E-state index in [1.54, 1.807) is 6.08 Å². The molecule has 7 heteroatoms. The number of nitro groups is 1.